The number of amides is 1. The summed E-state index contributed by atoms with van der Waals surface area (Å²) in [6.45, 7) is 3.70. The Morgan fingerprint density at radius 1 is 1.16 bits per heavy atom. The van der Waals surface area contributed by atoms with E-state index in [2.05, 4.69) is 10.3 Å². The first-order valence-corrected chi connectivity index (χ1v) is 10.0. The number of aryl methyl sites for hydroxylation is 2. The number of halogens is 1. The molecule has 1 N–H and O–H groups in total. The highest BCUT2D eigenvalue weighted by atomic mass is 35.5. The van der Waals surface area contributed by atoms with E-state index in [9.17, 15) is 9.59 Å². The Hall–Kier alpha value is -3.58. The molecular weight excluding hydrogens is 416 g/mol. The van der Waals surface area contributed by atoms with Gasteiger partial charge in [0.15, 0.2) is 5.65 Å². The van der Waals surface area contributed by atoms with E-state index in [1.165, 1.54) is 11.8 Å². The van der Waals surface area contributed by atoms with Crippen LogP contribution in [0.3, 0.4) is 0 Å². The molecule has 0 atom stereocenters. The number of nitrogens with one attached hydrogen (secondary N) is 1. The Labute approximate surface area is 183 Å². The molecule has 0 saturated carbocycles. The molecule has 8 heteroatoms. The number of nitrogens with zero attached hydrogens (tertiary/aromatic N) is 3. The molecule has 158 valence electrons. The predicted octanol–water partition coefficient (Wildman–Crippen LogP) is 4.10. The number of fused-ring (bicyclic) bond motifs is 1. The lowest BCUT2D eigenvalue weighted by atomic mass is 10.2. The maximum Gasteiger partial charge on any atom is 0.280 e. The highest BCUT2D eigenvalue weighted by molar-refractivity contribution is 6.31. The van der Waals surface area contributed by atoms with Crippen molar-refractivity contribution in [2.75, 3.05) is 12.4 Å². The van der Waals surface area contributed by atoms with Gasteiger partial charge in [-0.25, -0.2) is 9.67 Å². The quantitative estimate of drug-likeness (QED) is 0.510. The minimum absolute atomic E-state index is 0.117. The molecule has 7 nitrogen and oxygen atoms in total. The first kappa shape index (κ1) is 20.7. The predicted molar refractivity (Wildman–Crippen MR) is 121 cm³/mol. The molecule has 2 aromatic heterocycles. The molecule has 0 spiro atoms. The van der Waals surface area contributed by atoms with Gasteiger partial charge in [-0.1, -0.05) is 29.3 Å². The summed E-state index contributed by atoms with van der Waals surface area (Å²) in [6, 6.07) is 14.3. The zero-order valence-electron chi connectivity index (χ0n) is 17.3. The third-order valence-corrected chi connectivity index (χ3v) is 5.43. The molecule has 4 aromatic rings. The zero-order valence-corrected chi connectivity index (χ0v) is 18.1. The largest absolute Gasteiger partial charge is 0.495 e. The fourth-order valence-corrected chi connectivity index (χ4v) is 3.59. The Balaban J connectivity index is 1.76. The fraction of sp³-hybridized carbons (Fsp3) is 0.174. The maximum atomic E-state index is 13.1. The zero-order chi connectivity index (χ0) is 22.1. The number of hydrogen-bond donors (Lipinski definition) is 1. The van der Waals surface area contributed by atoms with Crippen molar-refractivity contribution in [1.82, 2.24) is 14.3 Å². The number of carbonyl (C=O) groups excluding carboxylic acids is 1. The molecule has 0 saturated heterocycles. The average molecular weight is 437 g/mol. The van der Waals surface area contributed by atoms with Crippen LogP contribution in [-0.4, -0.2) is 27.4 Å². The SMILES string of the molecule is COc1cc(Cl)c(C)cc1NC(=O)Cn1c2ncccc2c(=O)n1-c1ccc(C)cc1. The van der Waals surface area contributed by atoms with Gasteiger partial charge < -0.3 is 10.1 Å². The van der Waals surface area contributed by atoms with E-state index in [-0.39, 0.29) is 18.0 Å². The van der Waals surface area contributed by atoms with Gasteiger partial charge in [-0.2, -0.15) is 0 Å². The van der Waals surface area contributed by atoms with Gasteiger partial charge in [0.1, 0.15) is 12.3 Å². The van der Waals surface area contributed by atoms with Gasteiger partial charge in [-0.3, -0.25) is 14.3 Å². The van der Waals surface area contributed by atoms with Gasteiger partial charge >= 0.3 is 0 Å². The summed E-state index contributed by atoms with van der Waals surface area (Å²) >= 11 is 6.16. The van der Waals surface area contributed by atoms with Crippen molar-refractivity contribution in [3.63, 3.8) is 0 Å². The minimum atomic E-state index is -0.330. The monoisotopic (exact) mass is 436 g/mol. The minimum Gasteiger partial charge on any atom is -0.495 e. The summed E-state index contributed by atoms with van der Waals surface area (Å²) in [4.78, 5) is 30.4. The van der Waals surface area contributed by atoms with E-state index >= 15 is 0 Å². The lowest BCUT2D eigenvalue weighted by molar-refractivity contribution is -0.117. The van der Waals surface area contributed by atoms with Crippen molar-refractivity contribution < 1.29 is 9.53 Å². The molecule has 1 amide bonds. The Morgan fingerprint density at radius 2 is 1.90 bits per heavy atom. The van der Waals surface area contributed by atoms with Crippen LogP contribution >= 0.6 is 11.6 Å². The fourth-order valence-electron chi connectivity index (χ4n) is 3.43. The molecule has 0 aliphatic heterocycles. The normalized spacial score (nSPS) is 11.0. The highest BCUT2D eigenvalue weighted by Gasteiger charge is 2.19. The molecule has 0 bridgehead atoms. The lowest BCUT2D eigenvalue weighted by Gasteiger charge is -2.15. The number of methoxy groups -OCH3 is 1. The van der Waals surface area contributed by atoms with Crippen LogP contribution in [0.2, 0.25) is 5.02 Å². The first-order chi connectivity index (χ1) is 14.9. The van der Waals surface area contributed by atoms with E-state index < -0.39 is 0 Å². The van der Waals surface area contributed by atoms with Crippen molar-refractivity contribution in [2.45, 2.75) is 20.4 Å². The Morgan fingerprint density at radius 3 is 2.61 bits per heavy atom. The summed E-state index contributed by atoms with van der Waals surface area (Å²) in [6.07, 6.45) is 1.60. The number of ether oxygens (including phenoxy) is 1. The summed E-state index contributed by atoms with van der Waals surface area (Å²) < 4.78 is 8.39. The van der Waals surface area contributed by atoms with E-state index in [1.54, 1.807) is 35.1 Å². The standard InChI is InChI=1S/C23H21ClN4O3/c1-14-6-8-16(9-7-14)28-23(30)17-5-4-10-25-22(17)27(28)13-21(29)26-19-11-15(2)18(24)12-20(19)31-3/h4-12H,13H2,1-3H3,(H,26,29). The van der Waals surface area contributed by atoms with Gasteiger partial charge in [-0.15, -0.1) is 0 Å². The van der Waals surface area contributed by atoms with Crippen molar-refractivity contribution in [1.29, 1.82) is 0 Å². The van der Waals surface area contributed by atoms with Crippen LogP contribution < -0.4 is 15.6 Å². The lowest BCUT2D eigenvalue weighted by Crippen LogP contribution is -2.27. The van der Waals surface area contributed by atoms with Crippen LogP contribution in [0.15, 0.2) is 59.5 Å². The summed E-state index contributed by atoms with van der Waals surface area (Å²) in [5.41, 5.74) is 3.23. The third kappa shape index (κ3) is 3.92. The number of pyridine rings is 1. The second-order valence-electron chi connectivity index (χ2n) is 7.23. The summed E-state index contributed by atoms with van der Waals surface area (Å²) in [7, 11) is 1.51. The van der Waals surface area contributed by atoms with Crippen LogP contribution in [0.4, 0.5) is 5.69 Å². The van der Waals surface area contributed by atoms with E-state index in [0.29, 0.717) is 33.2 Å². The van der Waals surface area contributed by atoms with Crippen molar-refractivity contribution in [2.24, 2.45) is 0 Å². The second-order valence-corrected chi connectivity index (χ2v) is 7.64. The van der Waals surface area contributed by atoms with E-state index in [1.807, 2.05) is 38.1 Å². The number of carbonyl (C=O) groups is 1. The van der Waals surface area contributed by atoms with Crippen molar-refractivity contribution in [3.8, 4) is 11.4 Å². The number of aromatic nitrogens is 3. The molecule has 4 rings (SSSR count). The van der Waals surface area contributed by atoms with Crippen molar-refractivity contribution >= 4 is 34.2 Å². The molecule has 0 unspecified atom stereocenters. The number of hydrogen-bond acceptors (Lipinski definition) is 4. The molecule has 2 heterocycles. The number of anilines is 1. The van der Waals surface area contributed by atoms with Gasteiger partial charge in [0.25, 0.3) is 5.56 Å². The second kappa shape index (κ2) is 8.28. The molecule has 0 radical (unpaired) electrons. The Bertz CT molecular complexity index is 1340. The molecule has 2 aromatic carbocycles. The van der Waals surface area contributed by atoms with Gasteiger partial charge in [0.05, 0.1) is 23.9 Å². The average Bonchev–Trinajstić information content (AvgIpc) is 3.03. The van der Waals surface area contributed by atoms with Crippen LogP contribution in [-0.2, 0) is 11.3 Å². The van der Waals surface area contributed by atoms with Gasteiger partial charge in [0.2, 0.25) is 5.91 Å². The van der Waals surface area contributed by atoms with Gasteiger partial charge in [-0.05, 0) is 49.7 Å². The van der Waals surface area contributed by atoms with Crippen LogP contribution in [0.25, 0.3) is 16.7 Å². The molecule has 0 aliphatic carbocycles. The maximum absolute atomic E-state index is 13.1. The highest BCUT2D eigenvalue weighted by Crippen LogP contribution is 2.31. The number of rotatable bonds is 5. The topological polar surface area (TPSA) is 78.2 Å². The molecule has 31 heavy (non-hydrogen) atoms. The van der Waals surface area contributed by atoms with E-state index in [0.717, 1.165) is 11.1 Å². The Kier molecular flexibility index (Phi) is 5.52. The third-order valence-electron chi connectivity index (χ3n) is 5.02. The van der Waals surface area contributed by atoms with E-state index in [4.69, 9.17) is 16.3 Å². The van der Waals surface area contributed by atoms with Crippen LogP contribution in [0, 0.1) is 13.8 Å². The molecule has 0 aliphatic rings. The smallest absolute Gasteiger partial charge is 0.280 e. The first-order valence-electron chi connectivity index (χ1n) is 9.66. The van der Waals surface area contributed by atoms with Gasteiger partial charge in [0, 0.05) is 17.3 Å². The van der Waals surface area contributed by atoms with Crippen molar-refractivity contribution in [3.05, 3.63) is 81.2 Å². The molecule has 0 fully saturated rings. The number of benzene rings is 2. The van der Waals surface area contributed by atoms with Crippen LogP contribution in [0.5, 0.6) is 5.75 Å². The summed E-state index contributed by atoms with van der Waals surface area (Å²) in [5.74, 6) is 0.124. The summed E-state index contributed by atoms with van der Waals surface area (Å²) in [5, 5.41) is 3.84. The van der Waals surface area contributed by atoms with Crippen LogP contribution in [0.1, 0.15) is 11.1 Å². The molecular formula is C23H21ClN4O3.